The van der Waals surface area contributed by atoms with Crippen LogP contribution in [0.3, 0.4) is 0 Å². The van der Waals surface area contributed by atoms with Crippen LogP contribution in [0.4, 0.5) is 13.6 Å². The number of nitrogens with zero attached hydrogens (tertiary/aromatic N) is 2. The fraction of sp³-hybridized carbons (Fsp3) is 0.950. The van der Waals surface area contributed by atoms with Crippen molar-refractivity contribution < 1.29 is 31.5 Å². The lowest BCUT2D eigenvalue weighted by atomic mass is 9.80. The van der Waals surface area contributed by atoms with E-state index in [0.717, 1.165) is 30.0 Å². The molecule has 1 saturated carbocycles. The summed E-state index contributed by atoms with van der Waals surface area (Å²) in [5.74, 6) is 1.30. The predicted octanol–water partition coefficient (Wildman–Crippen LogP) is 2.85. The molecule has 0 unspecified atom stereocenters. The number of carbonyl (C=O) groups is 1. The molecule has 0 aromatic heterocycles. The number of carbonyl (C=O) groups excluding carboxylic acids is 1. The van der Waals surface area contributed by atoms with E-state index < -0.39 is 41.4 Å². The van der Waals surface area contributed by atoms with E-state index in [9.17, 15) is 22.0 Å². The number of nitrogens with one attached hydrogen (secondary N) is 1. The van der Waals surface area contributed by atoms with Crippen LogP contribution >= 0.6 is 0 Å². The molecule has 1 N–H and O–H groups in total. The maximum Gasteiger partial charge on any atom is 0.410 e. The van der Waals surface area contributed by atoms with Gasteiger partial charge >= 0.3 is 6.09 Å². The van der Waals surface area contributed by atoms with Crippen LogP contribution in [0.1, 0.15) is 52.9 Å². The quantitative estimate of drug-likeness (QED) is 0.561. The van der Waals surface area contributed by atoms with E-state index in [2.05, 4.69) is 18.6 Å². The van der Waals surface area contributed by atoms with Crippen LogP contribution in [-0.4, -0.2) is 81.7 Å². The summed E-state index contributed by atoms with van der Waals surface area (Å²) < 4.78 is 64.3. The van der Waals surface area contributed by atoms with Crippen LogP contribution in [0.25, 0.3) is 0 Å². The van der Waals surface area contributed by atoms with Gasteiger partial charge in [0.1, 0.15) is 0 Å². The first-order chi connectivity index (χ1) is 14.4. The Hall–Kier alpha value is -1.04. The van der Waals surface area contributed by atoms with Crippen molar-refractivity contribution in [3.05, 3.63) is 0 Å². The number of rotatable bonds is 9. The van der Waals surface area contributed by atoms with E-state index in [1.54, 1.807) is 6.92 Å². The minimum absolute atomic E-state index is 0.0379. The minimum atomic E-state index is -3.74. The molecular weight excluding hydrogens is 432 g/mol. The molecule has 31 heavy (non-hydrogen) atoms. The number of hydrogen-bond donors (Lipinski definition) is 1. The molecule has 0 radical (unpaired) electrons. The largest absolute Gasteiger partial charge is 0.443 e. The van der Waals surface area contributed by atoms with Crippen LogP contribution in [0.5, 0.6) is 0 Å². The Morgan fingerprint density at radius 3 is 2.32 bits per heavy atom. The Kier molecular flexibility index (Phi) is 9.47. The highest BCUT2D eigenvalue weighted by molar-refractivity contribution is 7.87. The normalized spacial score (nSPS) is 29.9. The summed E-state index contributed by atoms with van der Waals surface area (Å²) in [7, 11) is -0.922. The smallest absolute Gasteiger partial charge is 0.410 e. The van der Waals surface area contributed by atoms with Gasteiger partial charge < -0.3 is 9.47 Å². The predicted molar refractivity (Wildman–Crippen MR) is 113 cm³/mol. The fourth-order valence-electron chi connectivity index (χ4n) is 4.46. The highest BCUT2D eigenvalue weighted by Crippen LogP contribution is 2.32. The van der Waals surface area contributed by atoms with E-state index in [-0.39, 0.29) is 18.8 Å². The van der Waals surface area contributed by atoms with Crippen molar-refractivity contribution in [2.75, 3.05) is 27.3 Å². The van der Waals surface area contributed by atoms with Crippen molar-refractivity contribution in [1.82, 2.24) is 13.9 Å². The van der Waals surface area contributed by atoms with Gasteiger partial charge in [0, 0.05) is 26.2 Å². The highest BCUT2D eigenvalue weighted by atomic mass is 32.2. The number of likely N-dealkylation sites (tertiary alicyclic amines) is 1. The second kappa shape index (κ2) is 11.2. The molecule has 1 aliphatic heterocycles. The van der Waals surface area contributed by atoms with Gasteiger partial charge in [-0.25, -0.2) is 13.6 Å². The summed E-state index contributed by atoms with van der Waals surface area (Å²) in [6.07, 6.45) is 0.693. The maximum atomic E-state index is 12.5. The Labute approximate surface area is 184 Å². The first-order valence-corrected chi connectivity index (χ1v) is 12.4. The SMILES string of the molecule is CC(C)C1CCC(OC[C@H]2[C@@H](NS(=O)(=O)N(C)C)C[C@@H](C)N2C(=O)OCC(F)F)CC1. The van der Waals surface area contributed by atoms with E-state index in [1.807, 2.05) is 0 Å². The molecule has 2 rings (SSSR count). The molecule has 3 atom stereocenters. The van der Waals surface area contributed by atoms with Gasteiger partial charge in [-0.1, -0.05) is 13.8 Å². The van der Waals surface area contributed by atoms with Crippen molar-refractivity contribution in [3.63, 3.8) is 0 Å². The van der Waals surface area contributed by atoms with Crippen molar-refractivity contribution in [3.8, 4) is 0 Å². The molecule has 1 aliphatic carbocycles. The van der Waals surface area contributed by atoms with Crippen molar-refractivity contribution in [2.24, 2.45) is 11.8 Å². The van der Waals surface area contributed by atoms with Crippen LogP contribution in [-0.2, 0) is 19.7 Å². The standard InChI is InChI=1S/C20H37F2N3O5S/c1-13(2)15-6-8-16(9-7-15)29-11-18-17(23-31(27,28)24(4)5)10-14(3)25(18)20(26)30-12-19(21)22/h13-19,23H,6-12H2,1-5H3/t14-,15?,16?,17+,18+/m1/s1. The first-order valence-electron chi connectivity index (χ1n) is 11.0. The van der Waals surface area contributed by atoms with Gasteiger partial charge in [-0.15, -0.1) is 0 Å². The highest BCUT2D eigenvalue weighted by Gasteiger charge is 2.45. The second-order valence-corrected chi connectivity index (χ2v) is 11.1. The molecule has 0 spiro atoms. The van der Waals surface area contributed by atoms with Crippen molar-refractivity contribution in [1.29, 1.82) is 0 Å². The molecule has 2 fully saturated rings. The minimum Gasteiger partial charge on any atom is -0.443 e. The zero-order valence-corrected chi connectivity index (χ0v) is 19.9. The fourth-order valence-corrected chi connectivity index (χ4v) is 5.31. The van der Waals surface area contributed by atoms with Crippen LogP contribution in [0.15, 0.2) is 0 Å². The Bertz CT molecular complexity index is 684. The topological polar surface area (TPSA) is 88.2 Å². The zero-order valence-electron chi connectivity index (χ0n) is 19.1. The Morgan fingerprint density at radius 2 is 1.81 bits per heavy atom. The Balaban J connectivity index is 2.08. The van der Waals surface area contributed by atoms with Gasteiger partial charge in [0.25, 0.3) is 16.6 Å². The van der Waals surface area contributed by atoms with Gasteiger partial charge in [-0.2, -0.15) is 17.4 Å². The monoisotopic (exact) mass is 469 g/mol. The molecule has 2 aliphatic rings. The third-order valence-electron chi connectivity index (χ3n) is 6.38. The van der Waals surface area contributed by atoms with Crippen LogP contribution in [0, 0.1) is 11.8 Å². The van der Waals surface area contributed by atoms with Crippen molar-refractivity contribution in [2.45, 2.75) is 83.5 Å². The summed E-state index contributed by atoms with van der Waals surface area (Å²) in [6.45, 7) is 5.30. The summed E-state index contributed by atoms with van der Waals surface area (Å²) in [5, 5.41) is 0. The first kappa shape index (κ1) is 26.2. The third-order valence-corrected chi connectivity index (χ3v) is 7.94. The van der Waals surface area contributed by atoms with Crippen molar-refractivity contribution >= 4 is 16.3 Å². The number of hydrogen-bond acceptors (Lipinski definition) is 5. The summed E-state index contributed by atoms with van der Waals surface area (Å²) in [4.78, 5) is 13.9. The van der Waals surface area contributed by atoms with E-state index in [4.69, 9.17) is 9.47 Å². The lowest BCUT2D eigenvalue weighted by molar-refractivity contribution is -0.0226. The van der Waals surface area contributed by atoms with Gasteiger partial charge in [-0.3, -0.25) is 4.90 Å². The number of halogens is 2. The molecule has 1 saturated heterocycles. The van der Waals surface area contributed by atoms with E-state index in [1.165, 1.54) is 19.0 Å². The number of alkyl halides is 2. The number of amides is 1. The molecule has 0 bridgehead atoms. The average Bonchev–Trinajstić information content (AvgIpc) is 2.98. The molecular formula is C20H37F2N3O5S. The van der Waals surface area contributed by atoms with Crippen LogP contribution in [0.2, 0.25) is 0 Å². The summed E-state index contributed by atoms with van der Waals surface area (Å²) in [5.41, 5.74) is 0. The summed E-state index contributed by atoms with van der Waals surface area (Å²) >= 11 is 0. The van der Waals surface area contributed by atoms with E-state index in [0.29, 0.717) is 18.3 Å². The molecule has 0 aromatic carbocycles. The van der Waals surface area contributed by atoms with Gasteiger partial charge in [0.15, 0.2) is 6.61 Å². The third kappa shape index (κ3) is 7.23. The molecule has 11 heteroatoms. The summed E-state index contributed by atoms with van der Waals surface area (Å²) in [6, 6.07) is -1.63. The lowest BCUT2D eigenvalue weighted by Crippen LogP contribution is -2.52. The molecule has 1 amide bonds. The van der Waals surface area contributed by atoms with Gasteiger partial charge in [0.2, 0.25) is 0 Å². The maximum absolute atomic E-state index is 12.5. The molecule has 8 nitrogen and oxygen atoms in total. The lowest BCUT2D eigenvalue weighted by Gasteiger charge is -2.34. The zero-order chi connectivity index (χ0) is 23.3. The number of ether oxygens (including phenoxy) is 2. The molecule has 1 heterocycles. The van der Waals surface area contributed by atoms with Gasteiger partial charge in [-0.05, 0) is 50.9 Å². The molecule has 182 valence electrons. The van der Waals surface area contributed by atoms with E-state index >= 15 is 0 Å². The van der Waals surface area contributed by atoms with Crippen LogP contribution < -0.4 is 4.72 Å². The second-order valence-electron chi connectivity index (χ2n) is 9.15. The Morgan fingerprint density at radius 1 is 1.19 bits per heavy atom. The average molecular weight is 470 g/mol. The van der Waals surface area contributed by atoms with Gasteiger partial charge in [0.05, 0.1) is 18.8 Å². The molecule has 0 aromatic rings.